The van der Waals surface area contributed by atoms with Crippen LogP contribution in [0.1, 0.15) is 13.8 Å². The normalized spacial score (nSPS) is 18.8. The molecule has 0 aliphatic carbocycles. The maximum atomic E-state index is 12.1. The third-order valence-corrected chi connectivity index (χ3v) is 3.03. The molecule has 0 aromatic carbocycles. The first kappa shape index (κ1) is 13.0. The maximum absolute atomic E-state index is 12.1. The van der Waals surface area contributed by atoms with Gasteiger partial charge in [-0.05, 0) is 13.8 Å². The molecule has 1 atom stereocenters. The molecule has 0 saturated carbocycles. The minimum atomic E-state index is -0.0598. The van der Waals surface area contributed by atoms with Gasteiger partial charge in [-0.15, -0.1) is 6.42 Å². The quantitative estimate of drug-likeness (QED) is 0.668. The van der Waals surface area contributed by atoms with E-state index in [9.17, 15) is 4.79 Å². The molecule has 1 rings (SSSR count). The van der Waals surface area contributed by atoms with Crippen LogP contribution in [-0.4, -0.2) is 61.0 Å². The Morgan fingerprint density at radius 3 is 2.69 bits per heavy atom. The van der Waals surface area contributed by atoms with Crippen LogP contribution in [0.2, 0.25) is 0 Å². The number of likely N-dealkylation sites (N-methyl/N-ethyl adjacent to an activating group) is 1. The van der Waals surface area contributed by atoms with E-state index in [1.165, 1.54) is 0 Å². The van der Waals surface area contributed by atoms with Gasteiger partial charge in [0.15, 0.2) is 0 Å². The monoisotopic (exact) mass is 223 g/mol. The number of amides is 1. The van der Waals surface area contributed by atoms with Crippen molar-refractivity contribution in [3.05, 3.63) is 0 Å². The van der Waals surface area contributed by atoms with Gasteiger partial charge in [-0.1, -0.05) is 5.92 Å². The molecule has 1 N–H and O–H groups in total. The van der Waals surface area contributed by atoms with Crippen LogP contribution in [0.3, 0.4) is 0 Å². The maximum Gasteiger partial charge on any atom is 0.240 e. The Bertz CT molecular complexity index is 266. The van der Waals surface area contributed by atoms with Crippen molar-refractivity contribution in [2.45, 2.75) is 19.9 Å². The Morgan fingerprint density at radius 1 is 1.56 bits per heavy atom. The highest BCUT2D eigenvalue weighted by Crippen LogP contribution is 2.05. The first-order valence-electron chi connectivity index (χ1n) is 5.87. The molecule has 90 valence electrons. The number of nitrogens with zero attached hydrogens (tertiary/aromatic N) is 2. The molecule has 0 spiro atoms. The highest BCUT2D eigenvalue weighted by atomic mass is 16.2. The third kappa shape index (κ3) is 3.22. The average Bonchev–Trinajstić information content (AvgIpc) is 2.35. The summed E-state index contributed by atoms with van der Waals surface area (Å²) in [6.07, 6.45) is 5.25. The highest BCUT2D eigenvalue weighted by Gasteiger charge is 2.25. The second-order valence-corrected chi connectivity index (χ2v) is 4.02. The Labute approximate surface area is 98.0 Å². The molecule has 0 bridgehead atoms. The van der Waals surface area contributed by atoms with Gasteiger partial charge in [-0.3, -0.25) is 9.69 Å². The molecule has 1 amide bonds. The van der Waals surface area contributed by atoms with Gasteiger partial charge >= 0.3 is 0 Å². The van der Waals surface area contributed by atoms with E-state index in [1.807, 2.05) is 13.8 Å². The molecule has 1 fully saturated rings. The predicted molar refractivity (Wildman–Crippen MR) is 65.0 cm³/mol. The van der Waals surface area contributed by atoms with Gasteiger partial charge in [-0.25, -0.2) is 0 Å². The van der Waals surface area contributed by atoms with Crippen LogP contribution in [0.15, 0.2) is 0 Å². The first-order valence-corrected chi connectivity index (χ1v) is 5.87. The summed E-state index contributed by atoms with van der Waals surface area (Å²) in [4.78, 5) is 16.1. The van der Waals surface area contributed by atoms with Crippen LogP contribution >= 0.6 is 0 Å². The average molecular weight is 223 g/mol. The second kappa shape index (κ2) is 6.51. The fourth-order valence-electron chi connectivity index (χ4n) is 1.95. The van der Waals surface area contributed by atoms with Crippen molar-refractivity contribution in [2.75, 3.05) is 39.3 Å². The zero-order valence-electron chi connectivity index (χ0n) is 10.2. The topological polar surface area (TPSA) is 35.6 Å². The van der Waals surface area contributed by atoms with Crippen LogP contribution < -0.4 is 5.32 Å². The lowest BCUT2D eigenvalue weighted by Crippen LogP contribution is -2.53. The van der Waals surface area contributed by atoms with E-state index in [0.29, 0.717) is 13.1 Å². The number of terminal acetylenes is 1. The summed E-state index contributed by atoms with van der Waals surface area (Å²) in [5.41, 5.74) is 0. The lowest BCUT2D eigenvalue weighted by Gasteiger charge is -2.34. The number of hydrogen-bond donors (Lipinski definition) is 1. The van der Waals surface area contributed by atoms with Gasteiger partial charge in [0.05, 0.1) is 12.6 Å². The first-order chi connectivity index (χ1) is 7.70. The second-order valence-electron chi connectivity index (χ2n) is 4.02. The summed E-state index contributed by atoms with van der Waals surface area (Å²) < 4.78 is 0. The Balaban J connectivity index is 2.53. The van der Waals surface area contributed by atoms with Crippen molar-refractivity contribution in [1.29, 1.82) is 0 Å². The molecule has 0 aromatic rings. The molecule has 4 nitrogen and oxygen atoms in total. The van der Waals surface area contributed by atoms with E-state index in [2.05, 4.69) is 16.1 Å². The van der Waals surface area contributed by atoms with E-state index in [-0.39, 0.29) is 11.9 Å². The highest BCUT2D eigenvalue weighted by molar-refractivity contribution is 5.81. The van der Waals surface area contributed by atoms with Gasteiger partial charge in [0.2, 0.25) is 5.91 Å². The number of carbonyl (C=O) groups is 1. The van der Waals surface area contributed by atoms with Gasteiger partial charge in [-0.2, -0.15) is 0 Å². The van der Waals surface area contributed by atoms with E-state index in [0.717, 1.165) is 26.2 Å². The molecule has 1 aliphatic rings. The standard InChI is InChI=1S/C12H21N3O/c1-4-8-14(5-2)12(16)11(3)15-9-6-13-7-10-15/h1,11,13H,5-10H2,2-3H3. The number of carbonyl (C=O) groups excluding carboxylic acids is 1. The molecule has 1 aliphatic heterocycles. The summed E-state index contributed by atoms with van der Waals surface area (Å²) in [6, 6.07) is -0.0598. The number of piperazine rings is 1. The minimum absolute atomic E-state index is 0.0598. The van der Waals surface area contributed by atoms with Crippen molar-refractivity contribution < 1.29 is 4.79 Å². The van der Waals surface area contributed by atoms with E-state index >= 15 is 0 Å². The molecule has 1 unspecified atom stereocenters. The zero-order valence-corrected chi connectivity index (χ0v) is 10.2. The predicted octanol–water partition coefficient (Wildman–Crippen LogP) is -0.238. The van der Waals surface area contributed by atoms with Crippen molar-refractivity contribution in [2.24, 2.45) is 0 Å². The zero-order chi connectivity index (χ0) is 12.0. The summed E-state index contributed by atoms with van der Waals surface area (Å²) in [7, 11) is 0. The Kier molecular flexibility index (Phi) is 5.30. The SMILES string of the molecule is C#CCN(CC)C(=O)C(C)N1CCNCC1. The van der Waals surface area contributed by atoms with Gasteiger partial charge in [0, 0.05) is 32.7 Å². The van der Waals surface area contributed by atoms with Crippen molar-refractivity contribution in [3.8, 4) is 12.3 Å². The van der Waals surface area contributed by atoms with Gasteiger partial charge in [0.1, 0.15) is 0 Å². The van der Waals surface area contributed by atoms with Crippen LogP contribution in [-0.2, 0) is 4.79 Å². The van der Waals surface area contributed by atoms with E-state index in [4.69, 9.17) is 6.42 Å². The molecular weight excluding hydrogens is 202 g/mol. The molecule has 1 saturated heterocycles. The fourth-order valence-corrected chi connectivity index (χ4v) is 1.95. The molecule has 0 radical (unpaired) electrons. The molecule has 1 heterocycles. The molecule has 16 heavy (non-hydrogen) atoms. The Hall–Kier alpha value is -1.05. The summed E-state index contributed by atoms with van der Waals surface area (Å²) in [5.74, 6) is 2.67. The largest absolute Gasteiger partial charge is 0.330 e. The molecule has 0 aromatic heterocycles. The van der Waals surface area contributed by atoms with Crippen molar-refractivity contribution in [3.63, 3.8) is 0 Å². The van der Waals surface area contributed by atoms with Crippen LogP contribution in [0.25, 0.3) is 0 Å². The number of hydrogen-bond acceptors (Lipinski definition) is 3. The van der Waals surface area contributed by atoms with Crippen molar-refractivity contribution >= 4 is 5.91 Å². The van der Waals surface area contributed by atoms with Crippen LogP contribution in [0, 0.1) is 12.3 Å². The van der Waals surface area contributed by atoms with Crippen LogP contribution in [0.4, 0.5) is 0 Å². The van der Waals surface area contributed by atoms with E-state index < -0.39 is 0 Å². The fraction of sp³-hybridized carbons (Fsp3) is 0.750. The summed E-state index contributed by atoms with van der Waals surface area (Å²) in [5, 5.41) is 3.28. The van der Waals surface area contributed by atoms with E-state index in [1.54, 1.807) is 4.90 Å². The minimum Gasteiger partial charge on any atom is -0.330 e. The van der Waals surface area contributed by atoms with Gasteiger partial charge in [0.25, 0.3) is 0 Å². The number of nitrogens with one attached hydrogen (secondary N) is 1. The molecule has 4 heteroatoms. The summed E-state index contributed by atoms with van der Waals surface area (Å²) in [6.45, 7) is 8.79. The lowest BCUT2D eigenvalue weighted by atomic mass is 10.2. The molecular formula is C12H21N3O. The number of rotatable bonds is 4. The Morgan fingerprint density at radius 2 is 2.19 bits per heavy atom. The lowest BCUT2D eigenvalue weighted by molar-refractivity contribution is -0.135. The third-order valence-electron chi connectivity index (χ3n) is 3.03. The van der Waals surface area contributed by atoms with Crippen molar-refractivity contribution in [1.82, 2.24) is 15.1 Å². The van der Waals surface area contributed by atoms with Gasteiger partial charge < -0.3 is 10.2 Å². The smallest absolute Gasteiger partial charge is 0.240 e. The van der Waals surface area contributed by atoms with Crippen LogP contribution in [0.5, 0.6) is 0 Å². The summed E-state index contributed by atoms with van der Waals surface area (Å²) >= 11 is 0.